The summed E-state index contributed by atoms with van der Waals surface area (Å²) in [5.74, 6) is 5.63. The summed E-state index contributed by atoms with van der Waals surface area (Å²) in [7, 11) is 0. The fourth-order valence-corrected chi connectivity index (χ4v) is 2.57. The highest BCUT2D eigenvalue weighted by atomic mass is 32.1. The van der Waals surface area contributed by atoms with Gasteiger partial charge in [0.1, 0.15) is 0 Å². The minimum absolute atomic E-state index is 0.100. The molecule has 1 aromatic heterocycles. The van der Waals surface area contributed by atoms with E-state index in [0.29, 0.717) is 18.7 Å². The number of aryl methyl sites for hydroxylation is 2. The van der Waals surface area contributed by atoms with Crippen molar-refractivity contribution in [1.29, 1.82) is 0 Å². The molecule has 2 aromatic rings. The number of carbonyl (C=O) groups excluding carboxylic acids is 1. The number of nitrogens with two attached hydrogens (primary N) is 1. The van der Waals surface area contributed by atoms with Crippen molar-refractivity contribution in [3.05, 3.63) is 51.0 Å². The predicted molar refractivity (Wildman–Crippen MR) is 85.1 cm³/mol. The quantitative estimate of drug-likeness (QED) is 0.852. The van der Waals surface area contributed by atoms with Crippen LogP contribution in [0, 0.1) is 25.7 Å². The first-order valence-corrected chi connectivity index (χ1v) is 7.46. The molecule has 0 atom stereocenters. The van der Waals surface area contributed by atoms with Crippen LogP contribution in [0.4, 0.5) is 0 Å². The maximum absolute atomic E-state index is 12.3. The van der Waals surface area contributed by atoms with Gasteiger partial charge in [-0.3, -0.25) is 4.79 Å². The van der Waals surface area contributed by atoms with Crippen LogP contribution in [0.5, 0.6) is 0 Å². The number of hydrogen-bond donors (Lipinski definition) is 2. The van der Waals surface area contributed by atoms with E-state index >= 15 is 0 Å². The lowest BCUT2D eigenvalue weighted by atomic mass is 10.0. The van der Waals surface area contributed by atoms with E-state index in [9.17, 15) is 4.79 Å². The maximum atomic E-state index is 12.3. The zero-order valence-corrected chi connectivity index (χ0v) is 12.9. The zero-order valence-electron chi connectivity index (χ0n) is 12.1. The Morgan fingerprint density at radius 3 is 2.90 bits per heavy atom. The van der Waals surface area contributed by atoms with Crippen molar-refractivity contribution in [2.45, 2.75) is 20.4 Å². The number of thiazole rings is 1. The van der Waals surface area contributed by atoms with Crippen molar-refractivity contribution in [2.24, 2.45) is 5.73 Å². The Morgan fingerprint density at radius 1 is 1.43 bits per heavy atom. The third-order valence-corrected chi connectivity index (χ3v) is 4.01. The number of nitrogens with one attached hydrogen (secondary N) is 1. The molecule has 0 radical (unpaired) electrons. The Morgan fingerprint density at radius 2 is 2.24 bits per heavy atom. The van der Waals surface area contributed by atoms with Gasteiger partial charge < -0.3 is 11.1 Å². The van der Waals surface area contributed by atoms with Crippen LogP contribution < -0.4 is 11.1 Å². The van der Waals surface area contributed by atoms with Crippen molar-refractivity contribution in [2.75, 3.05) is 6.54 Å². The van der Waals surface area contributed by atoms with E-state index in [1.807, 2.05) is 26.0 Å². The molecular weight excluding hydrogens is 282 g/mol. The monoisotopic (exact) mass is 299 g/mol. The second kappa shape index (κ2) is 7.02. The van der Waals surface area contributed by atoms with Crippen molar-refractivity contribution in [3.63, 3.8) is 0 Å². The Hall–Kier alpha value is -2.16. The van der Waals surface area contributed by atoms with Gasteiger partial charge in [0.15, 0.2) is 0 Å². The molecular formula is C16H17N3OS. The molecule has 4 nitrogen and oxygen atoms in total. The van der Waals surface area contributed by atoms with Gasteiger partial charge in [0, 0.05) is 16.0 Å². The molecule has 21 heavy (non-hydrogen) atoms. The fourth-order valence-electron chi connectivity index (χ4n) is 1.85. The zero-order chi connectivity index (χ0) is 15.2. The van der Waals surface area contributed by atoms with Crippen LogP contribution in [-0.4, -0.2) is 17.4 Å². The number of aromatic nitrogens is 1. The number of hydrogen-bond acceptors (Lipinski definition) is 4. The van der Waals surface area contributed by atoms with Crippen LogP contribution in [0.1, 0.15) is 32.1 Å². The molecule has 0 saturated heterocycles. The summed E-state index contributed by atoms with van der Waals surface area (Å²) in [6, 6.07) is 5.59. The van der Waals surface area contributed by atoms with Gasteiger partial charge >= 0.3 is 0 Å². The van der Waals surface area contributed by atoms with Crippen LogP contribution >= 0.6 is 11.3 Å². The normalized spacial score (nSPS) is 9.86. The van der Waals surface area contributed by atoms with Gasteiger partial charge in [-0.2, -0.15) is 0 Å². The van der Waals surface area contributed by atoms with E-state index in [1.54, 1.807) is 22.9 Å². The van der Waals surface area contributed by atoms with E-state index in [-0.39, 0.29) is 5.91 Å². The molecule has 0 aliphatic carbocycles. The highest BCUT2D eigenvalue weighted by molar-refractivity contribution is 7.09. The first kappa shape index (κ1) is 15.2. The molecule has 5 heteroatoms. The van der Waals surface area contributed by atoms with Crippen LogP contribution in [-0.2, 0) is 6.54 Å². The summed E-state index contributed by atoms with van der Waals surface area (Å²) in [6.45, 7) is 4.65. The maximum Gasteiger partial charge on any atom is 0.251 e. The Balaban J connectivity index is 2.13. The van der Waals surface area contributed by atoms with Gasteiger partial charge in [0.05, 0.1) is 24.3 Å². The third kappa shape index (κ3) is 3.91. The fraction of sp³-hybridized carbons (Fsp3) is 0.250. The first-order chi connectivity index (χ1) is 10.1. The van der Waals surface area contributed by atoms with Crippen molar-refractivity contribution >= 4 is 17.2 Å². The lowest BCUT2D eigenvalue weighted by Gasteiger charge is -2.07. The smallest absolute Gasteiger partial charge is 0.251 e. The highest BCUT2D eigenvalue weighted by Gasteiger charge is 2.10. The second-order valence-corrected chi connectivity index (χ2v) is 5.52. The van der Waals surface area contributed by atoms with Crippen LogP contribution in [0.2, 0.25) is 0 Å². The molecule has 0 aliphatic rings. The molecule has 0 spiro atoms. The molecule has 2 rings (SSSR count). The number of amides is 1. The Kier molecular flexibility index (Phi) is 5.09. The summed E-state index contributed by atoms with van der Waals surface area (Å²) in [4.78, 5) is 17.5. The summed E-state index contributed by atoms with van der Waals surface area (Å²) < 4.78 is 0. The SMILES string of the molecule is Cc1ccc(C#CCN)cc1C(=O)NCc1scnc1C. The average molecular weight is 299 g/mol. The van der Waals surface area contributed by atoms with E-state index in [1.165, 1.54) is 0 Å². The molecule has 0 bridgehead atoms. The lowest BCUT2D eigenvalue weighted by Crippen LogP contribution is -2.23. The molecule has 1 aromatic carbocycles. The molecule has 0 saturated carbocycles. The lowest BCUT2D eigenvalue weighted by molar-refractivity contribution is 0.0950. The number of nitrogens with zero attached hydrogens (tertiary/aromatic N) is 1. The van der Waals surface area contributed by atoms with Crippen molar-refractivity contribution < 1.29 is 4.79 Å². The van der Waals surface area contributed by atoms with Gasteiger partial charge in [-0.15, -0.1) is 11.3 Å². The van der Waals surface area contributed by atoms with Gasteiger partial charge in [-0.25, -0.2) is 4.98 Å². The summed E-state index contributed by atoms with van der Waals surface area (Å²) >= 11 is 1.54. The first-order valence-electron chi connectivity index (χ1n) is 6.58. The minimum atomic E-state index is -0.100. The molecule has 1 amide bonds. The van der Waals surface area contributed by atoms with Crippen LogP contribution in [0.25, 0.3) is 0 Å². The Bertz CT molecular complexity index is 710. The van der Waals surface area contributed by atoms with E-state index in [4.69, 9.17) is 5.73 Å². The topological polar surface area (TPSA) is 68.0 Å². The summed E-state index contributed by atoms with van der Waals surface area (Å²) in [5.41, 5.74) is 10.5. The molecule has 0 unspecified atom stereocenters. The molecule has 0 aliphatic heterocycles. The van der Waals surface area contributed by atoms with Gasteiger partial charge in [-0.1, -0.05) is 17.9 Å². The van der Waals surface area contributed by atoms with Gasteiger partial charge in [-0.05, 0) is 31.5 Å². The Labute approximate surface area is 128 Å². The van der Waals surface area contributed by atoms with Gasteiger partial charge in [0.25, 0.3) is 5.91 Å². The molecule has 1 heterocycles. The third-order valence-electron chi connectivity index (χ3n) is 3.07. The average Bonchev–Trinajstić information content (AvgIpc) is 2.89. The van der Waals surface area contributed by atoms with Crippen molar-refractivity contribution in [3.8, 4) is 11.8 Å². The standard InChI is InChI=1S/C16H17N3OS/c1-11-5-6-13(4-3-7-17)8-14(11)16(20)18-9-15-12(2)19-10-21-15/h5-6,8,10H,7,9,17H2,1-2H3,(H,18,20). The minimum Gasteiger partial charge on any atom is -0.347 e. The van der Waals surface area contributed by atoms with E-state index in [0.717, 1.165) is 21.7 Å². The highest BCUT2D eigenvalue weighted by Crippen LogP contribution is 2.14. The molecule has 0 fully saturated rings. The predicted octanol–water partition coefficient (Wildman–Crippen LogP) is 2.00. The van der Waals surface area contributed by atoms with E-state index < -0.39 is 0 Å². The van der Waals surface area contributed by atoms with E-state index in [2.05, 4.69) is 22.1 Å². The molecule has 3 N–H and O–H groups in total. The number of carbonyl (C=O) groups is 1. The number of rotatable bonds is 3. The van der Waals surface area contributed by atoms with Crippen molar-refractivity contribution in [1.82, 2.24) is 10.3 Å². The summed E-state index contributed by atoms with van der Waals surface area (Å²) in [6.07, 6.45) is 0. The number of benzene rings is 1. The largest absolute Gasteiger partial charge is 0.347 e. The van der Waals surface area contributed by atoms with Crippen LogP contribution in [0.15, 0.2) is 23.7 Å². The second-order valence-electron chi connectivity index (χ2n) is 4.58. The van der Waals surface area contributed by atoms with Crippen LogP contribution in [0.3, 0.4) is 0 Å². The summed E-state index contributed by atoms with van der Waals surface area (Å²) in [5, 5.41) is 2.92. The molecule has 108 valence electrons. The van der Waals surface area contributed by atoms with Gasteiger partial charge in [0.2, 0.25) is 0 Å².